The van der Waals surface area contributed by atoms with E-state index in [1.54, 1.807) is 12.1 Å². The fourth-order valence-corrected chi connectivity index (χ4v) is 2.32. The van der Waals surface area contributed by atoms with Crippen LogP contribution >= 0.6 is 40.7 Å². The van der Waals surface area contributed by atoms with Crippen LogP contribution in [0.15, 0.2) is 22.8 Å². The van der Waals surface area contributed by atoms with Gasteiger partial charge in [-0.15, -0.1) is 24.8 Å². The van der Waals surface area contributed by atoms with Gasteiger partial charge >= 0.3 is 0 Å². The van der Waals surface area contributed by atoms with Crippen molar-refractivity contribution in [3.63, 3.8) is 0 Å². The molecule has 0 spiro atoms. The average Bonchev–Trinajstić information content (AvgIpc) is 2.80. The smallest absolute Gasteiger partial charge is 0.262 e. The molecule has 2 N–H and O–H groups in total. The van der Waals surface area contributed by atoms with Gasteiger partial charge in [0, 0.05) is 24.1 Å². The molecule has 6 nitrogen and oxygen atoms in total. The number of carbonyl (C=O) groups is 2. The summed E-state index contributed by atoms with van der Waals surface area (Å²) in [5, 5.41) is 4.99. The Kier molecular flexibility index (Phi) is 9.05. The molecule has 1 atom stereocenters. The molecule has 24 heavy (non-hydrogen) atoms. The van der Waals surface area contributed by atoms with Gasteiger partial charge in [-0.25, -0.2) is 13.8 Å². The largest absolute Gasteiger partial charge is 0.335 e. The molecule has 1 aliphatic rings. The van der Waals surface area contributed by atoms with Crippen LogP contribution in [0.1, 0.15) is 6.42 Å². The Morgan fingerprint density at radius 3 is 2.62 bits per heavy atom. The molecule has 0 bridgehead atoms. The van der Waals surface area contributed by atoms with Gasteiger partial charge < -0.3 is 10.2 Å². The zero-order valence-electron chi connectivity index (χ0n) is 12.6. The minimum absolute atomic E-state index is 0. The van der Waals surface area contributed by atoms with Gasteiger partial charge in [0.15, 0.2) is 0 Å². The Hall–Kier alpha value is -1.03. The topological polar surface area (TPSA) is 74.3 Å². The highest BCUT2D eigenvalue weighted by Crippen LogP contribution is 2.25. The lowest BCUT2D eigenvalue weighted by atomic mass is 10.1. The van der Waals surface area contributed by atoms with Gasteiger partial charge in [-0.05, 0) is 28.1 Å². The number of nitrogens with zero attached hydrogens (tertiary/aromatic N) is 2. The van der Waals surface area contributed by atoms with E-state index in [-0.39, 0.29) is 31.4 Å². The van der Waals surface area contributed by atoms with Crippen molar-refractivity contribution in [2.45, 2.75) is 18.4 Å². The summed E-state index contributed by atoms with van der Waals surface area (Å²) in [5.74, 6) is -3.52. The Labute approximate surface area is 158 Å². The molecule has 1 saturated heterocycles. The van der Waals surface area contributed by atoms with E-state index in [9.17, 15) is 18.4 Å². The Bertz CT molecular complexity index is 578. The third-order valence-electron chi connectivity index (χ3n) is 3.16. The number of alkyl halides is 2. The number of nitrogens with one attached hydrogen (secondary N) is 2. The van der Waals surface area contributed by atoms with Crippen molar-refractivity contribution < 1.29 is 18.4 Å². The van der Waals surface area contributed by atoms with Gasteiger partial charge in [0.1, 0.15) is 5.82 Å². The summed E-state index contributed by atoms with van der Waals surface area (Å²) in [5.41, 5.74) is 0. The standard InChI is InChI=1S/C13H15BrF2N4O2.2ClH/c1-20(12(22)9-4-13(15,16)7-18-9)6-11(21)19-10-3-2-8(14)5-17-10;;/h2-3,5,9,18H,4,6-7H2,1H3,(H,17,19,21);2*1H. The SMILES string of the molecule is CN(CC(=O)Nc1ccc(Br)cn1)C(=O)C1CC(F)(F)CN1.Cl.Cl. The summed E-state index contributed by atoms with van der Waals surface area (Å²) in [7, 11) is 1.40. The number of pyridine rings is 1. The average molecular weight is 450 g/mol. The minimum Gasteiger partial charge on any atom is -0.335 e. The molecule has 136 valence electrons. The van der Waals surface area contributed by atoms with Gasteiger partial charge in [-0.3, -0.25) is 14.9 Å². The van der Waals surface area contributed by atoms with Crippen molar-refractivity contribution in [3.05, 3.63) is 22.8 Å². The second kappa shape index (κ2) is 9.45. The zero-order chi connectivity index (χ0) is 16.3. The first-order chi connectivity index (χ1) is 10.3. The lowest BCUT2D eigenvalue weighted by Crippen LogP contribution is -2.44. The molecule has 1 fully saturated rings. The first kappa shape index (κ1) is 23.0. The van der Waals surface area contributed by atoms with Gasteiger partial charge in [0.2, 0.25) is 11.8 Å². The second-order valence-corrected chi connectivity index (χ2v) is 6.01. The second-order valence-electron chi connectivity index (χ2n) is 5.10. The third-order valence-corrected chi connectivity index (χ3v) is 3.63. The fourth-order valence-electron chi connectivity index (χ4n) is 2.08. The van der Waals surface area contributed by atoms with Crippen LogP contribution in [0, 0.1) is 0 Å². The first-order valence-electron chi connectivity index (χ1n) is 6.54. The van der Waals surface area contributed by atoms with Crippen molar-refractivity contribution in [1.29, 1.82) is 0 Å². The van der Waals surface area contributed by atoms with Crippen molar-refractivity contribution in [1.82, 2.24) is 15.2 Å². The molecule has 2 amide bonds. The molecule has 11 heteroatoms. The molecular formula is C13H17BrCl2F2N4O2. The number of hydrogen-bond acceptors (Lipinski definition) is 4. The van der Waals surface area contributed by atoms with Crippen LogP contribution in [-0.4, -0.2) is 53.8 Å². The van der Waals surface area contributed by atoms with Crippen LogP contribution in [0.2, 0.25) is 0 Å². The normalized spacial score (nSPS) is 18.1. The van der Waals surface area contributed by atoms with Crippen molar-refractivity contribution >= 4 is 58.4 Å². The maximum absolute atomic E-state index is 13.1. The summed E-state index contributed by atoms with van der Waals surface area (Å²) in [6.07, 6.45) is 0.973. The van der Waals surface area contributed by atoms with E-state index >= 15 is 0 Å². The van der Waals surface area contributed by atoms with Crippen LogP contribution in [0.5, 0.6) is 0 Å². The van der Waals surface area contributed by atoms with E-state index in [0.29, 0.717) is 5.82 Å². The monoisotopic (exact) mass is 448 g/mol. The molecule has 0 aliphatic carbocycles. The van der Waals surface area contributed by atoms with Gasteiger partial charge in [-0.2, -0.15) is 0 Å². The van der Waals surface area contributed by atoms with Crippen LogP contribution in [0.25, 0.3) is 0 Å². The number of amides is 2. The quantitative estimate of drug-likeness (QED) is 0.737. The van der Waals surface area contributed by atoms with Crippen LogP contribution < -0.4 is 10.6 Å². The van der Waals surface area contributed by atoms with Gasteiger partial charge in [0.25, 0.3) is 5.92 Å². The number of carbonyl (C=O) groups excluding carboxylic acids is 2. The van der Waals surface area contributed by atoms with E-state index < -0.39 is 36.7 Å². The number of halogens is 5. The minimum atomic E-state index is -2.88. The predicted molar refractivity (Wildman–Crippen MR) is 94.1 cm³/mol. The third kappa shape index (κ3) is 6.46. The molecule has 2 heterocycles. The molecule has 1 unspecified atom stereocenters. The molecule has 0 radical (unpaired) electrons. The first-order valence-corrected chi connectivity index (χ1v) is 7.34. The molecule has 1 aromatic heterocycles. The highest BCUT2D eigenvalue weighted by molar-refractivity contribution is 9.10. The molecule has 1 aliphatic heterocycles. The number of likely N-dealkylation sites (N-methyl/N-ethyl adjacent to an activating group) is 1. The molecular weight excluding hydrogens is 433 g/mol. The van der Waals surface area contributed by atoms with Crippen molar-refractivity contribution in [3.8, 4) is 0 Å². The Morgan fingerprint density at radius 2 is 2.12 bits per heavy atom. The summed E-state index contributed by atoms with van der Waals surface area (Å²) in [6.45, 7) is -0.757. The maximum Gasteiger partial charge on any atom is 0.262 e. The van der Waals surface area contributed by atoms with Crippen LogP contribution in [0.3, 0.4) is 0 Å². The van der Waals surface area contributed by atoms with Gasteiger partial charge in [-0.1, -0.05) is 0 Å². The fraction of sp³-hybridized carbons (Fsp3) is 0.462. The molecule has 2 rings (SSSR count). The number of anilines is 1. The number of rotatable bonds is 4. The summed E-state index contributed by atoms with van der Waals surface area (Å²) >= 11 is 3.22. The lowest BCUT2D eigenvalue weighted by Gasteiger charge is -2.20. The van der Waals surface area contributed by atoms with E-state index in [4.69, 9.17) is 0 Å². The highest BCUT2D eigenvalue weighted by atomic mass is 79.9. The summed E-state index contributed by atoms with van der Waals surface area (Å²) < 4.78 is 26.9. The summed E-state index contributed by atoms with van der Waals surface area (Å²) in [6, 6.07) is 2.35. The van der Waals surface area contributed by atoms with Crippen molar-refractivity contribution in [2.24, 2.45) is 0 Å². The van der Waals surface area contributed by atoms with Crippen LogP contribution in [-0.2, 0) is 9.59 Å². The highest BCUT2D eigenvalue weighted by Gasteiger charge is 2.43. The number of aromatic nitrogens is 1. The zero-order valence-corrected chi connectivity index (χ0v) is 15.8. The Morgan fingerprint density at radius 1 is 1.46 bits per heavy atom. The van der Waals surface area contributed by atoms with E-state index in [1.807, 2.05) is 0 Å². The van der Waals surface area contributed by atoms with E-state index in [0.717, 1.165) is 9.37 Å². The van der Waals surface area contributed by atoms with E-state index in [1.165, 1.54) is 13.2 Å². The molecule has 1 aromatic rings. The number of hydrogen-bond donors (Lipinski definition) is 2. The van der Waals surface area contributed by atoms with Crippen molar-refractivity contribution in [2.75, 3.05) is 25.5 Å². The Balaban J connectivity index is 0.00000264. The van der Waals surface area contributed by atoms with E-state index in [2.05, 4.69) is 31.5 Å². The van der Waals surface area contributed by atoms with Crippen LogP contribution in [0.4, 0.5) is 14.6 Å². The lowest BCUT2D eigenvalue weighted by molar-refractivity contribution is -0.135. The maximum atomic E-state index is 13.1. The summed E-state index contributed by atoms with van der Waals surface area (Å²) in [4.78, 5) is 28.9. The van der Waals surface area contributed by atoms with Gasteiger partial charge in [0.05, 0.1) is 19.1 Å². The molecule has 0 saturated carbocycles. The molecule has 0 aromatic carbocycles. The predicted octanol–water partition coefficient (Wildman–Crippen LogP) is 2.08.